The number of nitrogens with one attached hydrogen (secondary N) is 1. The largest absolute Gasteiger partial charge is 0.324 e. The highest BCUT2D eigenvalue weighted by molar-refractivity contribution is 7.93. The summed E-state index contributed by atoms with van der Waals surface area (Å²) < 4.78 is 25.2. The van der Waals surface area contributed by atoms with E-state index in [1.807, 2.05) is 32.0 Å². The van der Waals surface area contributed by atoms with Gasteiger partial charge in [-0.25, -0.2) is 8.42 Å². The van der Waals surface area contributed by atoms with Crippen molar-refractivity contribution in [3.63, 3.8) is 0 Å². The number of benzene rings is 2. The van der Waals surface area contributed by atoms with Gasteiger partial charge in [0.05, 0.1) is 4.90 Å². The van der Waals surface area contributed by atoms with Crippen LogP contribution in [-0.2, 0) is 14.6 Å². The summed E-state index contributed by atoms with van der Waals surface area (Å²) in [4.78, 5) is 13.3. The smallest absolute Gasteiger partial charge is 0.246 e. The molecule has 1 aliphatic rings. The van der Waals surface area contributed by atoms with Crippen LogP contribution in [0, 0.1) is 13.8 Å². The number of carbonyl (C=O) groups excluding carboxylic acids is 1. The molecule has 0 saturated heterocycles. The highest BCUT2D eigenvalue weighted by Crippen LogP contribution is 2.41. The minimum Gasteiger partial charge on any atom is -0.324 e. The van der Waals surface area contributed by atoms with Gasteiger partial charge in [-0.05, 0) is 62.6 Å². The molecule has 0 aliphatic heterocycles. The van der Waals surface area contributed by atoms with Crippen molar-refractivity contribution >= 4 is 33.0 Å². The monoisotopic (exact) mass is 391 g/mol. The minimum absolute atomic E-state index is 0.138. The Morgan fingerprint density at radius 1 is 1.04 bits per heavy atom. The van der Waals surface area contributed by atoms with E-state index in [4.69, 9.17) is 11.6 Å². The van der Waals surface area contributed by atoms with Gasteiger partial charge in [-0.15, -0.1) is 0 Å². The first kappa shape index (κ1) is 18.9. The van der Waals surface area contributed by atoms with Crippen LogP contribution in [0.5, 0.6) is 0 Å². The number of aryl methyl sites for hydroxylation is 2. The third-order valence-electron chi connectivity index (χ3n) is 5.09. The van der Waals surface area contributed by atoms with E-state index < -0.39 is 20.5 Å². The van der Waals surface area contributed by atoms with Gasteiger partial charge in [0.1, 0.15) is 0 Å². The quantitative estimate of drug-likeness (QED) is 0.822. The Bertz CT molecular complexity index is 930. The van der Waals surface area contributed by atoms with E-state index in [0.717, 1.165) is 11.1 Å². The van der Waals surface area contributed by atoms with Crippen molar-refractivity contribution in [2.24, 2.45) is 0 Å². The molecule has 1 aliphatic carbocycles. The van der Waals surface area contributed by atoms with E-state index in [0.29, 0.717) is 36.4 Å². The Kier molecular flexibility index (Phi) is 5.13. The lowest BCUT2D eigenvalue weighted by Crippen LogP contribution is -2.47. The maximum absolute atomic E-state index is 13.3. The molecule has 1 amide bonds. The van der Waals surface area contributed by atoms with Gasteiger partial charge in [-0.1, -0.05) is 42.1 Å². The molecular weight excluding hydrogens is 370 g/mol. The van der Waals surface area contributed by atoms with Crippen molar-refractivity contribution in [1.82, 2.24) is 0 Å². The Labute approximate surface area is 159 Å². The summed E-state index contributed by atoms with van der Waals surface area (Å²) in [5.41, 5.74) is 2.65. The van der Waals surface area contributed by atoms with Crippen molar-refractivity contribution in [3.05, 3.63) is 58.6 Å². The van der Waals surface area contributed by atoms with Crippen LogP contribution in [0.1, 0.15) is 36.8 Å². The summed E-state index contributed by atoms with van der Waals surface area (Å²) >= 11 is 5.88. The number of carbonyl (C=O) groups is 1. The first-order valence-electron chi connectivity index (χ1n) is 8.65. The number of hydrogen-bond donors (Lipinski definition) is 1. The van der Waals surface area contributed by atoms with Gasteiger partial charge in [0.15, 0.2) is 14.6 Å². The Morgan fingerprint density at radius 3 is 2.23 bits per heavy atom. The van der Waals surface area contributed by atoms with Gasteiger partial charge in [0, 0.05) is 10.7 Å². The molecule has 0 heterocycles. The summed E-state index contributed by atoms with van der Waals surface area (Å²) in [5.74, 6) is -0.447. The zero-order valence-corrected chi connectivity index (χ0v) is 16.5. The lowest BCUT2D eigenvalue weighted by atomic mass is 10.1. The summed E-state index contributed by atoms with van der Waals surface area (Å²) in [5, 5.41) is 3.33. The Balaban J connectivity index is 1.99. The topological polar surface area (TPSA) is 63.2 Å². The van der Waals surface area contributed by atoms with Crippen molar-refractivity contribution in [2.75, 3.05) is 5.32 Å². The predicted octanol–water partition coefficient (Wildman–Crippen LogP) is 4.68. The van der Waals surface area contributed by atoms with Gasteiger partial charge < -0.3 is 5.32 Å². The molecule has 6 heteroatoms. The molecule has 4 nitrogen and oxygen atoms in total. The van der Waals surface area contributed by atoms with Crippen molar-refractivity contribution in [2.45, 2.75) is 49.2 Å². The van der Waals surface area contributed by atoms with Crippen LogP contribution in [0.2, 0.25) is 5.02 Å². The third-order valence-corrected chi connectivity index (χ3v) is 7.86. The molecule has 2 aromatic carbocycles. The van der Waals surface area contributed by atoms with E-state index >= 15 is 0 Å². The first-order valence-corrected chi connectivity index (χ1v) is 10.5. The zero-order valence-electron chi connectivity index (χ0n) is 14.9. The summed E-state index contributed by atoms with van der Waals surface area (Å²) in [6.07, 6.45) is 2.09. The van der Waals surface area contributed by atoms with Crippen molar-refractivity contribution < 1.29 is 13.2 Å². The second-order valence-corrected chi connectivity index (χ2v) is 9.63. The van der Waals surface area contributed by atoms with Crippen LogP contribution in [0.25, 0.3) is 0 Å². The fourth-order valence-electron chi connectivity index (χ4n) is 3.59. The highest BCUT2D eigenvalue weighted by atomic mass is 35.5. The van der Waals surface area contributed by atoms with E-state index in [1.165, 1.54) is 12.1 Å². The fourth-order valence-corrected chi connectivity index (χ4v) is 5.79. The number of hydrogen-bond acceptors (Lipinski definition) is 3. The normalized spacial score (nSPS) is 16.4. The lowest BCUT2D eigenvalue weighted by molar-refractivity contribution is -0.118. The standard InChI is InChI=1S/C20H22ClNO3S/c1-14-5-10-18(15(2)13-14)22-19(23)20(11-3-4-12-20)26(24,25)17-8-6-16(21)7-9-17/h5-10,13H,3-4,11-12H2,1-2H3,(H,22,23). The van der Waals surface area contributed by atoms with Gasteiger partial charge in [0.25, 0.3) is 0 Å². The van der Waals surface area contributed by atoms with Crippen LogP contribution in [0.4, 0.5) is 5.69 Å². The molecule has 0 aromatic heterocycles. The summed E-state index contributed by atoms with van der Waals surface area (Å²) in [6.45, 7) is 3.87. The third kappa shape index (κ3) is 3.26. The van der Waals surface area contributed by atoms with Crippen LogP contribution >= 0.6 is 11.6 Å². The molecular formula is C20H22ClNO3S. The maximum atomic E-state index is 13.3. The lowest BCUT2D eigenvalue weighted by Gasteiger charge is -2.28. The molecule has 26 heavy (non-hydrogen) atoms. The highest BCUT2D eigenvalue weighted by Gasteiger charge is 2.53. The fraction of sp³-hybridized carbons (Fsp3) is 0.350. The van der Waals surface area contributed by atoms with Gasteiger partial charge >= 0.3 is 0 Å². The molecule has 1 saturated carbocycles. The van der Waals surface area contributed by atoms with Crippen molar-refractivity contribution in [3.8, 4) is 0 Å². The summed E-state index contributed by atoms with van der Waals surface area (Å²) in [6, 6.07) is 11.7. The molecule has 0 atom stereocenters. The van der Waals surface area contributed by atoms with Gasteiger partial charge in [-0.2, -0.15) is 0 Å². The average molecular weight is 392 g/mol. The predicted molar refractivity (Wildman–Crippen MR) is 104 cm³/mol. The molecule has 3 rings (SSSR count). The van der Waals surface area contributed by atoms with Gasteiger partial charge in [-0.3, -0.25) is 4.79 Å². The Hall–Kier alpha value is -1.85. The second-order valence-electron chi connectivity index (χ2n) is 6.93. The number of amides is 1. The van der Waals surface area contributed by atoms with E-state index in [-0.39, 0.29) is 4.90 Å². The molecule has 0 unspecified atom stereocenters. The zero-order chi connectivity index (χ0) is 18.9. The SMILES string of the molecule is Cc1ccc(NC(=O)C2(S(=O)(=O)c3ccc(Cl)cc3)CCCC2)c(C)c1. The van der Waals surface area contributed by atoms with E-state index in [9.17, 15) is 13.2 Å². The molecule has 0 spiro atoms. The van der Waals surface area contributed by atoms with Crippen LogP contribution in [-0.4, -0.2) is 19.1 Å². The van der Waals surface area contributed by atoms with Gasteiger partial charge in [0.2, 0.25) is 5.91 Å². The molecule has 1 N–H and O–H groups in total. The number of anilines is 1. The van der Waals surface area contributed by atoms with Crippen LogP contribution in [0.3, 0.4) is 0 Å². The second kappa shape index (κ2) is 7.05. The molecule has 0 bridgehead atoms. The number of halogens is 1. The summed E-state index contributed by atoms with van der Waals surface area (Å²) in [7, 11) is -3.83. The van der Waals surface area contributed by atoms with Crippen LogP contribution < -0.4 is 5.32 Å². The molecule has 138 valence electrons. The number of rotatable bonds is 4. The molecule has 2 aromatic rings. The average Bonchev–Trinajstić information content (AvgIpc) is 3.09. The minimum atomic E-state index is -3.83. The van der Waals surface area contributed by atoms with Crippen molar-refractivity contribution in [1.29, 1.82) is 0 Å². The van der Waals surface area contributed by atoms with E-state index in [2.05, 4.69) is 5.32 Å². The number of sulfone groups is 1. The molecule has 1 fully saturated rings. The Morgan fingerprint density at radius 2 is 1.65 bits per heavy atom. The van der Waals surface area contributed by atoms with Crippen LogP contribution in [0.15, 0.2) is 47.4 Å². The van der Waals surface area contributed by atoms with E-state index in [1.54, 1.807) is 12.1 Å². The molecule has 0 radical (unpaired) electrons. The first-order chi connectivity index (χ1) is 12.3. The maximum Gasteiger partial charge on any atom is 0.246 e.